The Bertz CT molecular complexity index is 644. The minimum atomic E-state index is -0.0103. The van der Waals surface area contributed by atoms with Crippen LogP contribution >= 0.6 is 0 Å². The molecule has 0 N–H and O–H groups in total. The maximum atomic E-state index is 4.81. The van der Waals surface area contributed by atoms with Gasteiger partial charge in [-0.05, 0) is 12.5 Å². The van der Waals surface area contributed by atoms with E-state index in [0.29, 0.717) is 0 Å². The topological polar surface area (TPSA) is 28.0 Å². The predicted molar refractivity (Wildman–Crippen MR) is 83.0 cm³/mol. The summed E-state index contributed by atoms with van der Waals surface area (Å²) in [6.07, 6.45) is -0.0103. The third-order valence-electron chi connectivity index (χ3n) is 3.52. The molecule has 1 aliphatic heterocycles. The first-order chi connectivity index (χ1) is 9.75. The van der Waals surface area contributed by atoms with Gasteiger partial charge in [0.15, 0.2) is 5.84 Å². The van der Waals surface area contributed by atoms with Crippen molar-refractivity contribution in [1.29, 1.82) is 0 Å². The van der Waals surface area contributed by atoms with Crippen molar-refractivity contribution in [3.05, 3.63) is 71.8 Å². The van der Waals surface area contributed by atoms with Gasteiger partial charge < -0.3 is 4.90 Å². The van der Waals surface area contributed by atoms with E-state index in [9.17, 15) is 0 Å². The standard InChI is InChI=1S/C17H17N3/c1-13-18-16(14-9-5-3-6-10-14)19-17(20(13)2)15-11-7-4-8-12-15/h3-12,17H,1-2H3. The van der Waals surface area contributed by atoms with Crippen LogP contribution in [0.25, 0.3) is 0 Å². The molecule has 1 aliphatic rings. The van der Waals surface area contributed by atoms with Crippen molar-refractivity contribution < 1.29 is 0 Å². The fourth-order valence-electron chi connectivity index (χ4n) is 2.29. The minimum Gasteiger partial charge on any atom is -0.337 e. The molecule has 0 aliphatic carbocycles. The quantitative estimate of drug-likeness (QED) is 0.815. The summed E-state index contributed by atoms with van der Waals surface area (Å²) >= 11 is 0. The van der Waals surface area contributed by atoms with Crippen molar-refractivity contribution in [3.63, 3.8) is 0 Å². The highest BCUT2D eigenvalue weighted by Crippen LogP contribution is 2.25. The van der Waals surface area contributed by atoms with Crippen LogP contribution in [0.15, 0.2) is 70.6 Å². The molecule has 0 saturated carbocycles. The highest BCUT2D eigenvalue weighted by molar-refractivity contribution is 6.07. The van der Waals surface area contributed by atoms with E-state index in [-0.39, 0.29) is 6.17 Å². The third kappa shape index (κ3) is 2.35. The Hall–Kier alpha value is -2.42. The molecule has 0 spiro atoms. The van der Waals surface area contributed by atoms with E-state index in [1.54, 1.807) is 0 Å². The van der Waals surface area contributed by atoms with Crippen LogP contribution in [-0.2, 0) is 0 Å². The van der Waals surface area contributed by atoms with Gasteiger partial charge in [-0.25, -0.2) is 9.98 Å². The zero-order chi connectivity index (χ0) is 13.9. The Labute approximate surface area is 119 Å². The first-order valence-corrected chi connectivity index (χ1v) is 6.72. The SMILES string of the molecule is CC1=NC(c2ccccc2)=NC(c2ccccc2)N1C. The second-order valence-electron chi connectivity index (χ2n) is 4.87. The fraction of sp³-hybridized carbons (Fsp3) is 0.176. The molecule has 0 fully saturated rings. The third-order valence-corrected chi connectivity index (χ3v) is 3.52. The first-order valence-electron chi connectivity index (χ1n) is 6.72. The largest absolute Gasteiger partial charge is 0.337 e. The Balaban J connectivity index is 2.03. The lowest BCUT2D eigenvalue weighted by Gasteiger charge is -2.30. The summed E-state index contributed by atoms with van der Waals surface area (Å²) in [5, 5.41) is 0. The number of hydrogen-bond acceptors (Lipinski definition) is 3. The van der Waals surface area contributed by atoms with Crippen LogP contribution in [-0.4, -0.2) is 23.6 Å². The maximum Gasteiger partial charge on any atom is 0.158 e. The van der Waals surface area contributed by atoms with Gasteiger partial charge >= 0.3 is 0 Å². The molecule has 0 aromatic heterocycles. The van der Waals surface area contributed by atoms with Gasteiger partial charge in [0.2, 0.25) is 0 Å². The van der Waals surface area contributed by atoms with Crippen molar-refractivity contribution in [3.8, 4) is 0 Å². The zero-order valence-electron chi connectivity index (χ0n) is 11.7. The molecule has 3 heteroatoms. The van der Waals surface area contributed by atoms with E-state index in [1.165, 1.54) is 5.56 Å². The molecule has 0 amide bonds. The summed E-state index contributed by atoms with van der Waals surface area (Å²) < 4.78 is 0. The molecule has 2 aromatic carbocycles. The van der Waals surface area contributed by atoms with Gasteiger partial charge in [0.05, 0.1) is 0 Å². The van der Waals surface area contributed by atoms with Crippen LogP contribution in [0.1, 0.15) is 24.2 Å². The molecule has 1 heterocycles. The number of hydrogen-bond donors (Lipinski definition) is 0. The molecule has 0 bridgehead atoms. The molecule has 20 heavy (non-hydrogen) atoms. The van der Waals surface area contributed by atoms with Crippen molar-refractivity contribution in [2.45, 2.75) is 13.1 Å². The number of nitrogens with zero attached hydrogens (tertiary/aromatic N) is 3. The molecule has 3 nitrogen and oxygen atoms in total. The van der Waals surface area contributed by atoms with Gasteiger partial charge in [0.1, 0.15) is 12.0 Å². The molecule has 0 radical (unpaired) electrons. The Morgan fingerprint density at radius 2 is 1.50 bits per heavy atom. The van der Waals surface area contributed by atoms with Gasteiger partial charge in [-0.2, -0.15) is 0 Å². The minimum absolute atomic E-state index is 0.0103. The molecule has 1 unspecified atom stereocenters. The molecule has 0 saturated heterocycles. The van der Waals surface area contributed by atoms with Gasteiger partial charge in [-0.3, -0.25) is 0 Å². The smallest absolute Gasteiger partial charge is 0.158 e. The summed E-state index contributed by atoms with van der Waals surface area (Å²) in [5.41, 5.74) is 2.23. The number of aliphatic imine (C=N–C) groups is 2. The van der Waals surface area contributed by atoms with E-state index < -0.39 is 0 Å². The lowest BCUT2D eigenvalue weighted by Crippen LogP contribution is -2.33. The molecule has 100 valence electrons. The summed E-state index contributed by atoms with van der Waals surface area (Å²) in [5.74, 6) is 1.78. The van der Waals surface area contributed by atoms with Crippen molar-refractivity contribution >= 4 is 11.7 Å². The van der Waals surface area contributed by atoms with Crippen molar-refractivity contribution in [2.24, 2.45) is 9.98 Å². The molecule has 3 rings (SSSR count). The Morgan fingerprint density at radius 3 is 2.15 bits per heavy atom. The Kier molecular flexibility index (Phi) is 3.33. The van der Waals surface area contributed by atoms with Gasteiger partial charge in [0, 0.05) is 12.6 Å². The number of rotatable bonds is 2. The molecular formula is C17H17N3. The van der Waals surface area contributed by atoms with Crippen LogP contribution in [0.2, 0.25) is 0 Å². The number of benzene rings is 2. The van der Waals surface area contributed by atoms with E-state index in [2.05, 4.69) is 22.0 Å². The monoisotopic (exact) mass is 263 g/mol. The van der Waals surface area contributed by atoms with Crippen LogP contribution in [0.5, 0.6) is 0 Å². The van der Waals surface area contributed by atoms with Crippen LogP contribution in [0.3, 0.4) is 0 Å². The highest BCUT2D eigenvalue weighted by atomic mass is 15.3. The summed E-state index contributed by atoms with van der Waals surface area (Å²) in [4.78, 5) is 11.5. The molecule has 1 atom stereocenters. The average molecular weight is 263 g/mol. The second-order valence-corrected chi connectivity index (χ2v) is 4.87. The Morgan fingerprint density at radius 1 is 0.900 bits per heavy atom. The summed E-state index contributed by atoms with van der Waals surface area (Å²) in [6.45, 7) is 2.02. The fourth-order valence-corrected chi connectivity index (χ4v) is 2.29. The lowest BCUT2D eigenvalue weighted by atomic mass is 10.1. The predicted octanol–water partition coefficient (Wildman–Crippen LogP) is 3.50. The van der Waals surface area contributed by atoms with E-state index in [4.69, 9.17) is 4.99 Å². The normalized spacial score (nSPS) is 18.5. The zero-order valence-corrected chi connectivity index (χ0v) is 11.7. The average Bonchev–Trinajstić information content (AvgIpc) is 2.51. The van der Waals surface area contributed by atoms with Gasteiger partial charge in [0.25, 0.3) is 0 Å². The molecular weight excluding hydrogens is 246 g/mol. The van der Waals surface area contributed by atoms with E-state index in [0.717, 1.165) is 17.2 Å². The first kappa shape index (κ1) is 12.6. The lowest BCUT2D eigenvalue weighted by molar-refractivity contribution is 0.380. The second kappa shape index (κ2) is 5.29. The summed E-state index contributed by atoms with van der Waals surface area (Å²) in [6, 6.07) is 20.4. The summed E-state index contributed by atoms with van der Waals surface area (Å²) in [7, 11) is 2.03. The maximum absolute atomic E-state index is 4.81. The number of amidine groups is 2. The van der Waals surface area contributed by atoms with Gasteiger partial charge in [-0.15, -0.1) is 0 Å². The van der Waals surface area contributed by atoms with Gasteiger partial charge in [-0.1, -0.05) is 60.7 Å². The van der Waals surface area contributed by atoms with Crippen LogP contribution in [0.4, 0.5) is 0 Å². The van der Waals surface area contributed by atoms with E-state index in [1.807, 2.05) is 62.5 Å². The van der Waals surface area contributed by atoms with Crippen LogP contribution < -0.4 is 0 Å². The van der Waals surface area contributed by atoms with Crippen LogP contribution in [0, 0.1) is 0 Å². The van der Waals surface area contributed by atoms with Crippen molar-refractivity contribution in [2.75, 3.05) is 7.05 Å². The van der Waals surface area contributed by atoms with Crippen molar-refractivity contribution in [1.82, 2.24) is 4.90 Å². The van der Waals surface area contributed by atoms with E-state index >= 15 is 0 Å². The highest BCUT2D eigenvalue weighted by Gasteiger charge is 2.22. The molecule has 2 aromatic rings.